The molecule has 0 saturated carbocycles. The van der Waals surface area contributed by atoms with E-state index < -0.39 is 0 Å². The van der Waals surface area contributed by atoms with Crippen molar-refractivity contribution in [1.29, 1.82) is 0 Å². The highest BCUT2D eigenvalue weighted by atomic mass is 16.5. The van der Waals surface area contributed by atoms with Crippen LogP contribution in [-0.4, -0.2) is 33.8 Å². The first-order chi connectivity index (χ1) is 14.5. The van der Waals surface area contributed by atoms with Crippen molar-refractivity contribution in [3.8, 4) is 0 Å². The molecule has 30 heavy (non-hydrogen) atoms. The molecular formula is C22H25N5O3. The molecule has 0 aliphatic carbocycles. The van der Waals surface area contributed by atoms with E-state index in [-0.39, 0.29) is 24.8 Å². The van der Waals surface area contributed by atoms with Gasteiger partial charge >= 0.3 is 5.97 Å². The van der Waals surface area contributed by atoms with Crippen LogP contribution in [0, 0.1) is 6.92 Å². The SMILES string of the molecule is COC(=O)CCc1cc(N)nc(C)c1CNC(=O)c1cnn(Cc2ccccc2)c1. The molecule has 1 aromatic carbocycles. The molecule has 8 heteroatoms. The van der Waals surface area contributed by atoms with Crippen LogP contribution in [0.25, 0.3) is 0 Å². The summed E-state index contributed by atoms with van der Waals surface area (Å²) in [6, 6.07) is 11.6. The molecule has 3 N–H and O–H groups in total. The smallest absolute Gasteiger partial charge is 0.305 e. The lowest BCUT2D eigenvalue weighted by Crippen LogP contribution is -2.24. The van der Waals surface area contributed by atoms with Gasteiger partial charge in [0.1, 0.15) is 5.82 Å². The van der Waals surface area contributed by atoms with E-state index in [0.717, 1.165) is 22.4 Å². The summed E-state index contributed by atoms with van der Waals surface area (Å²) >= 11 is 0. The lowest BCUT2D eigenvalue weighted by molar-refractivity contribution is -0.140. The summed E-state index contributed by atoms with van der Waals surface area (Å²) in [5, 5.41) is 7.17. The van der Waals surface area contributed by atoms with Gasteiger partial charge < -0.3 is 15.8 Å². The number of amides is 1. The van der Waals surface area contributed by atoms with E-state index in [0.29, 0.717) is 24.3 Å². The zero-order valence-corrected chi connectivity index (χ0v) is 17.1. The summed E-state index contributed by atoms with van der Waals surface area (Å²) in [5.74, 6) is -0.155. The van der Waals surface area contributed by atoms with Gasteiger partial charge in [0.15, 0.2) is 0 Å². The fraction of sp³-hybridized carbons (Fsp3) is 0.273. The van der Waals surface area contributed by atoms with Gasteiger partial charge in [-0.1, -0.05) is 30.3 Å². The van der Waals surface area contributed by atoms with Crippen molar-refractivity contribution in [1.82, 2.24) is 20.1 Å². The van der Waals surface area contributed by atoms with Crippen LogP contribution >= 0.6 is 0 Å². The summed E-state index contributed by atoms with van der Waals surface area (Å²) in [5.41, 5.74) is 9.86. The number of aryl methyl sites for hydroxylation is 2. The topological polar surface area (TPSA) is 112 Å². The van der Waals surface area contributed by atoms with Crippen molar-refractivity contribution in [2.75, 3.05) is 12.8 Å². The molecule has 3 aromatic rings. The van der Waals surface area contributed by atoms with E-state index in [1.54, 1.807) is 23.1 Å². The number of benzene rings is 1. The predicted octanol–water partition coefficient (Wildman–Crippen LogP) is 2.25. The lowest BCUT2D eigenvalue weighted by atomic mass is 10.0. The monoisotopic (exact) mass is 407 g/mol. The Balaban J connectivity index is 1.66. The van der Waals surface area contributed by atoms with Crippen LogP contribution in [0.15, 0.2) is 48.8 Å². The summed E-state index contributed by atoms with van der Waals surface area (Å²) < 4.78 is 6.43. The van der Waals surface area contributed by atoms with Crippen molar-refractivity contribution in [3.05, 3.63) is 76.7 Å². The summed E-state index contributed by atoms with van der Waals surface area (Å²) in [6.07, 6.45) is 3.95. The highest BCUT2D eigenvalue weighted by molar-refractivity contribution is 5.93. The number of methoxy groups -OCH3 is 1. The van der Waals surface area contributed by atoms with Gasteiger partial charge in [-0.3, -0.25) is 14.3 Å². The standard InChI is InChI=1S/C22H25N5O3/c1-15-19(17(10-20(23)26-15)8-9-21(28)30-2)12-24-22(29)18-11-25-27(14-18)13-16-6-4-3-5-7-16/h3-7,10-11,14H,8-9,12-13H2,1-2H3,(H2,23,26)(H,24,29). The first-order valence-corrected chi connectivity index (χ1v) is 9.62. The molecule has 3 rings (SSSR count). The van der Waals surface area contributed by atoms with E-state index in [9.17, 15) is 9.59 Å². The van der Waals surface area contributed by atoms with E-state index in [1.165, 1.54) is 7.11 Å². The number of rotatable bonds is 8. The Morgan fingerprint density at radius 3 is 2.73 bits per heavy atom. The van der Waals surface area contributed by atoms with Crippen molar-refractivity contribution in [2.45, 2.75) is 32.9 Å². The molecule has 0 radical (unpaired) electrons. The molecule has 1 amide bonds. The minimum atomic E-state index is -0.302. The molecule has 0 saturated heterocycles. The van der Waals surface area contributed by atoms with Crippen LogP contribution in [-0.2, 0) is 29.0 Å². The Kier molecular flexibility index (Phi) is 6.79. The molecule has 0 aliphatic rings. The predicted molar refractivity (Wildman–Crippen MR) is 113 cm³/mol. The van der Waals surface area contributed by atoms with Gasteiger partial charge in [-0.25, -0.2) is 4.98 Å². The van der Waals surface area contributed by atoms with E-state index in [4.69, 9.17) is 10.5 Å². The fourth-order valence-corrected chi connectivity index (χ4v) is 3.20. The molecule has 0 bridgehead atoms. The number of carbonyl (C=O) groups excluding carboxylic acids is 2. The van der Waals surface area contributed by atoms with Crippen molar-refractivity contribution < 1.29 is 14.3 Å². The molecule has 2 aromatic heterocycles. The molecule has 0 atom stereocenters. The number of carbonyl (C=O) groups is 2. The molecular weight excluding hydrogens is 382 g/mol. The maximum atomic E-state index is 12.6. The zero-order valence-electron chi connectivity index (χ0n) is 17.1. The quantitative estimate of drug-likeness (QED) is 0.554. The number of nitrogens with zero attached hydrogens (tertiary/aromatic N) is 3. The van der Waals surface area contributed by atoms with Gasteiger partial charge in [0.25, 0.3) is 5.91 Å². The Labute approximate surface area is 175 Å². The fourth-order valence-electron chi connectivity index (χ4n) is 3.20. The Morgan fingerprint density at radius 2 is 2.00 bits per heavy atom. The van der Waals surface area contributed by atoms with Crippen LogP contribution in [0.1, 0.15) is 39.2 Å². The van der Waals surface area contributed by atoms with Crippen molar-refractivity contribution in [2.24, 2.45) is 0 Å². The van der Waals surface area contributed by atoms with Crippen LogP contribution in [0.5, 0.6) is 0 Å². The molecule has 156 valence electrons. The number of esters is 1. The Bertz CT molecular complexity index is 1030. The molecule has 0 spiro atoms. The normalized spacial score (nSPS) is 10.6. The summed E-state index contributed by atoms with van der Waals surface area (Å²) in [6.45, 7) is 2.70. The second-order valence-electron chi connectivity index (χ2n) is 6.94. The third-order valence-corrected chi connectivity index (χ3v) is 4.78. The number of nitrogens with two attached hydrogens (primary N) is 1. The summed E-state index contributed by atoms with van der Waals surface area (Å²) in [4.78, 5) is 28.4. The molecule has 0 fully saturated rings. The van der Waals surface area contributed by atoms with Gasteiger partial charge in [-0.2, -0.15) is 5.10 Å². The number of anilines is 1. The first-order valence-electron chi connectivity index (χ1n) is 9.62. The van der Waals surface area contributed by atoms with Crippen LogP contribution in [0.2, 0.25) is 0 Å². The number of pyridine rings is 1. The van der Waals surface area contributed by atoms with Crippen molar-refractivity contribution in [3.63, 3.8) is 0 Å². The third kappa shape index (κ3) is 5.44. The molecule has 0 aliphatic heterocycles. The highest BCUT2D eigenvalue weighted by Crippen LogP contribution is 2.18. The number of aromatic nitrogens is 3. The Hall–Kier alpha value is -3.68. The van der Waals surface area contributed by atoms with Gasteiger partial charge in [0, 0.05) is 24.9 Å². The minimum absolute atomic E-state index is 0.229. The van der Waals surface area contributed by atoms with Crippen LogP contribution in [0.4, 0.5) is 5.82 Å². The first kappa shape index (κ1) is 21.0. The van der Waals surface area contributed by atoms with Gasteiger partial charge in [-0.05, 0) is 36.1 Å². The van der Waals surface area contributed by atoms with Gasteiger partial charge in [-0.15, -0.1) is 0 Å². The maximum Gasteiger partial charge on any atom is 0.305 e. The zero-order chi connectivity index (χ0) is 21.5. The number of hydrogen-bond donors (Lipinski definition) is 2. The lowest BCUT2D eigenvalue weighted by Gasteiger charge is -2.13. The average Bonchev–Trinajstić information content (AvgIpc) is 3.20. The van der Waals surface area contributed by atoms with Gasteiger partial charge in [0.2, 0.25) is 0 Å². The maximum absolute atomic E-state index is 12.6. The number of hydrogen-bond acceptors (Lipinski definition) is 6. The molecule has 0 unspecified atom stereocenters. The second-order valence-corrected chi connectivity index (χ2v) is 6.94. The van der Waals surface area contributed by atoms with Crippen LogP contribution in [0.3, 0.4) is 0 Å². The number of nitrogens with one attached hydrogen (secondary N) is 1. The van der Waals surface area contributed by atoms with E-state index in [2.05, 4.69) is 15.4 Å². The second kappa shape index (κ2) is 9.69. The highest BCUT2D eigenvalue weighted by Gasteiger charge is 2.14. The van der Waals surface area contributed by atoms with Crippen LogP contribution < -0.4 is 11.1 Å². The third-order valence-electron chi connectivity index (χ3n) is 4.78. The number of nitrogen functional groups attached to an aromatic ring is 1. The molecule has 8 nitrogen and oxygen atoms in total. The largest absolute Gasteiger partial charge is 0.469 e. The summed E-state index contributed by atoms with van der Waals surface area (Å²) in [7, 11) is 1.35. The minimum Gasteiger partial charge on any atom is -0.469 e. The Morgan fingerprint density at radius 1 is 1.23 bits per heavy atom. The van der Waals surface area contributed by atoms with Gasteiger partial charge in [0.05, 0.1) is 25.4 Å². The van der Waals surface area contributed by atoms with Crippen molar-refractivity contribution >= 4 is 17.7 Å². The average molecular weight is 407 g/mol. The van der Waals surface area contributed by atoms with E-state index in [1.807, 2.05) is 37.3 Å². The molecule has 2 heterocycles. The number of ether oxygens (including phenoxy) is 1. The van der Waals surface area contributed by atoms with E-state index >= 15 is 0 Å².